The molecule has 6 nitrogen and oxygen atoms in total. The van der Waals surface area contributed by atoms with E-state index in [0.717, 1.165) is 23.0 Å². The first-order valence-corrected chi connectivity index (χ1v) is 8.84. The summed E-state index contributed by atoms with van der Waals surface area (Å²) in [6, 6.07) is 9.36. The monoisotopic (exact) mass is 363 g/mol. The molecule has 0 atom stereocenters. The number of H-pyrrole nitrogens is 1. The smallest absolute Gasteiger partial charge is 0.258 e. The number of pyridine rings is 1. The zero-order chi connectivity index (χ0) is 18.8. The van der Waals surface area contributed by atoms with Crippen LogP contribution >= 0.6 is 0 Å². The van der Waals surface area contributed by atoms with E-state index in [0.29, 0.717) is 30.2 Å². The molecule has 0 saturated carbocycles. The van der Waals surface area contributed by atoms with Gasteiger partial charge in [0.15, 0.2) is 11.5 Å². The minimum absolute atomic E-state index is 0.0540. The van der Waals surface area contributed by atoms with Crippen LogP contribution in [0.25, 0.3) is 16.6 Å². The van der Waals surface area contributed by atoms with Crippen LogP contribution in [0.4, 0.5) is 0 Å². The number of aromatic amines is 1. The average Bonchev–Trinajstić information content (AvgIpc) is 3.17. The van der Waals surface area contributed by atoms with E-state index in [1.807, 2.05) is 17.2 Å². The maximum absolute atomic E-state index is 13.0. The molecule has 0 saturated heterocycles. The first-order chi connectivity index (χ1) is 13.2. The maximum Gasteiger partial charge on any atom is 0.258 e. The van der Waals surface area contributed by atoms with Crippen molar-refractivity contribution in [2.45, 2.75) is 6.42 Å². The topological polar surface area (TPSA) is 67.5 Å². The van der Waals surface area contributed by atoms with Crippen LogP contribution in [-0.4, -0.2) is 48.1 Å². The summed E-state index contributed by atoms with van der Waals surface area (Å²) in [5.41, 5.74) is 3.79. The molecular weight excluding hydrogens is 342 g/mol. The first kappa shape index (κ1) is 17.1. The van der Waals surface area contributed by atoms with Gasteiger partial charge in [0.05, 0.1) is 19.8 Å². The fraction of sp³-hybridized carbons (Fsp3) is 0.238. The molecule has 4 rings (SSSR count). The van der Waals surface area contributed by atoms with Gasteiger partial charge in [-0.3, -0.25) is 4.79 Å². The number of carbonyl (C=O) groups is 1. The van der Waals surface area contributed by atoms with Crippen LogP contribution in [0, 0.1) is 0 Å². The Balaban J connectivity index is 1.58. The molecule has 1 N–H and O–H groups in total. The summed E-state index contributed by atoms with van der Waals surface area (Å²) < 4.78 is 10.7. The predicted molar refractivity (Wildman–Crippen MR) is 104 cm³/mol. The molecule has 1 aliphatic rings. The lowest BCUT2D eigenvalue weighted by Gasteiger charge is -2.27. The summed E-state index contributed by atoms with van der Waals surface area (Å²) in [4.78, 5) is 22.4. The molecule has 1 aromatic carbocycles. The number of fused-ring (bicyclic) bond motifs is 1. The second-order valence-corrected chi connectivity index (χ2v) is 6.37. The molecule has 3 aromatic rings. The van der Waals surface area contributed by atoms with Crippen LogP contribution in [0.15, 0.2) is 48.8 Å². The molecule has 0 aliphatic carbocycles. The average molecular weight is 363 g/mol. The SMILES string of the molecule is COc1cccc(C(=O)N2CC=C(c3c[nH]c4ncccc34)CC2)c1OC. The van der Waals surface area contributed by atoms with Crippen molar-refractivity contribution < 1.29 is 14.3 Å². The third kappa shape index (κ3) is 3.03. The lowest BCUT2D eigenvalue weighted by molar-refractivity contribution is 0.0769. The second kappa shape index (κ2) is 7.15. The van der Waals surface area contributed by atoms with E-state index in [1.54, 1.807) is 38.6 Å². The minimum Gasteiger partial charge on any atom is -0.493 e. The van der Waals surface area contributed by atoms with Crippen molar-refractivity contribution >= 4 is 22.5 Å². The molecule has 3 heterocycles. The number of hydrogen-bond donors (Lipinski definition) is 1. The highest BCUT2D eigenvalue weighted by molar-refractivity contribution is 5.98. The summed E-state index contributed by atoms with van der Waals surface area (Å²) in [7, 11) is 3.12. The molecule has 27 heavy (non-hydrogen) atoms. The van der Waals surface area contributed by atoms with Gasteiger partial charge in [-0.2, -0.15) is 0 Å². The van der Waals surface area contributed by atoms with Crippen LogP contribution in [0.2, 0.25) is 0 Å². The molecule has 1 amide bonds. The molecule has 0 spiro atoms. The summed E-state index contributed by atoms with van der Waals surface area (Å²) in [5.74, 6) is 0.979. The van der Waals surface area contributed by atoms with Crippen LogP contribution in [0.3, 0.4) is 0 Å². The largest absolute Gasteiger partial charge is 0.493 e. The lowest BCUT2D eigenvalue weighted by atomic mass is 9.99. The van der Waals surface area contributed by atoms with Crippen molar-refractivity contribution in [3.05, 3.63) is 59.9 Å². The standard InChI is InChI=1S/C21H21N3O3/c1-26-18-7-3-5-16(19(18)27-2)21(25)24-11-8-14(9-12-24)17-13-23-20-15(17)6-4-10-22-20/h3-8,10,13H,9,11-12H2,1-2H3,(H,22,23). The second-order valence-electron chi connectivity index (χ2n) is 6.37. The predicted octanol–water partition coefficient (Wildman–Crippen LogP) is 3.51. The number of hydrogen-bond acceptors (Lipinski definition) is 4. The molecule has 0 bridgehead atoms. The van der Waals surface area contributed by atoms with Gasteiger partial charge >= 0.3 is 0 Å². The van der Waals surface area contributed by atoms with Gasteiger partial charge in [-0.1, -0.05) is 12.1 Å². The molecule has 0 unspecified atom stereocenters. The quantitative estimate of drug-likeness (QED) is 0.770. The molecule has 1 aliphatic heterocycles. The Labute approximate surface area is 157 Å². The van der Waals surface area contributed by atoms with E-state index in [-0.39, 0.29) is 5.91 Å². The number of carbonyl (C=O) groups excluding carboxylic acids is 1. The number of aromatic nitrogens is 2. The van der Waals surface area contributed by atoms with Gasteiger partial charge in [-0.05, 0) is 36.3 Å². The molecule has 138 valence electrons. The van der Waals surface area contributed by atoms with E-state index in [1.165, 1.54) is 5.57 Å². The number of ether oxygens (including phenoxy) is 2. The molecule has 0 fully saturated rings. The highest BCUT2D eigenvalue weighted by Crippen LogP contribution is 2.33. The van der Waals surface area contributed by atoms with Gasteiger partial charge in [-0.25, -0.2) is 4.98 Å². The van der Waals surface area contributed by atoms with Crippen molar-refractivity contribution in [3.8, 4) is 11.5 Å². The van der Waals surface area contributed by atoms with Crippen LogP contribution in [0.5, 0.6) is 11.5 Å². The number of para-hydroxylation sites is 1. The van der Waals surface area contributed by atoms with Gasteiger partial charge in [0.2, 0.25) is 0 Å². The van der Waals surface area contributed by atoms with E-state index in [4.69, 9.17) is 9.47 Å². The van der Waals surface area contributed by atoms with Crippen molar-refractivity contribution in [2.24, 2.45) is 0 Å². The third-order valence-electron chi connectivity index (χ3n) is 4.93. The number of methoxy groups -OCH3 is 2. The zero-order valence-electron chi connectivity index (χ0n) is 15.4. The highest BCUT2D eigenvalue weighted by atomic mass is 16.5. The minimum atomic E-state index is -0.0540. The Morgan fingerprint density at radius 2 is 2.07 bits per heavy atom. The van der Waals surface area contributed by atoms with Gasteiger partial charge in [0, 0.05) is 36.4 Å². The van der Waals surface area contributed by atoms with E-state index >= 15 is 0 Å². The van der Waals surface area contributed by atoms with Crippen molar-refractivity contribution in [1.29, 1.82) is 0 Å². The Morgan fingerprint density at radius 1 is 1.19 bits per heavy atom. The highest BCUT2D eigenvalue weighted by Gasteiger charge is 2.24. The molecular formula is C21H21N3O3. The number of benzene rings is 1. The summed E-state index contributed by atoms with van der Waals surface area (Å²) in [5, 5.41) is 1.11. The molecule has 6 heteroatoms. The molecule has 2 aromatic heterocycles. The van der Waals surface area contributed by atoms with Gasteiger partial charge in [-0.15, -0.1) is 0 Å². The van der Waals surface area contributed by atoms with Crippen LogP contribution < -0.4 is 9.47 Å². The van der Waals surface area contributed by atoms with Crippen LogP contribution in [-0.2, 0) is 0 Å². The zero-order valence-corrected chi connectivity index (χ0v) is 15.4. The lowest BCUT2D eigenvalue weighted by Crippen LogP contribution is -2.34. The van der Waals surface area contributed by atoms with Gasteiger partial charge in [0.25, 0.3) is 5.91 Å². The van der Waals surface area contributed by atoms with Gasteiger partial charge < -0.3 is 19.4 Å². The maximum atomic E-state index is 13.0. The third-order valence-corrected chi connectivity index (χ3v) is 4.93. The number of nitrogens with zero attached hydrogens (tertiary/aromatic N) is 2. The Morgan fingerprint density at radius 3 is 2.81 bits per heavy atom. The Bertz CT molecular complexity index is 1020. The van der Waals surface area contributed by atoms with Gasteiger partial charge in [0.1, 0.15) is 5.65 Å². The van der Waals surface area contributed by atoms with Crippen molar-refractivity contribution in [3.63, 3.8) is 0 Å². The Kier molecular flexibility index (Phi) is 4.54. The van der Waals surface area contributed by atoms with Crippen molar-refractivity contribution in [1.82, 2.24) is 14.9 Å². The van der Waals surface area contributed by atoms with Crippen LogP contribution in [0.1, 0.15) is 22.3 Å². The fourth-order valence-corrected chi connectivity index (χ4v) is 3.55. The number of amides is 1. The van der Waals surface area contributed by atoms with E-state index < -0.39 is 0 Å². The fourth-order valence-electron chi connectivity index (χ4n) is 3.55. The summed E-state index contributed by atoms with van der Waals surface area (Å²) in [6.07, 6.45) is 6.68. The first-order valence-electron chi connectivity index (χ1n) is 8.84. The summed E-state index contributed by atoms with van der Waals surface area (Å²) in [6.45, 7) is 1.21. The van der Waals surface area contributed by atoms with E-state index in [2.05, 4.69) is 22.1 Å². The molecule has 0 radical (unpaired) electrons. The summed E-state index contributed by atoms with van der Waals surface area (Å²) >= 11 is 0. The number of rotatable bonds is 4. The Hall–Kier alpha value is -3.28. The number of nitrogens with one attached hydrogen (secondary N) is 1. The van der Waals surface area contributed by atoms with Crippen molar-refractivity contribution in [2.75, 3.05) is 27.3 Å². The normalized spacial score (nSPS) is 14.1. The van der Waals surface area contributed by atoms with E-state index in [9.17, 15) is 4.79 Å².